The topological polar surface area (TPSA) is 116 Å². The Morgan fingerprint density at radius 1 is 0.878 bits per heavy atom. The number of aliphatic carboxylic acids is 1. The zero-order valence-electron chi connectivity index (χ0n) is 25.1. The molecule has 9 nitrogen and oxygen atoms in total. The Kier molecular flexibility index (Phi) is 10.5. The summed E-state index contributed by atoms with van der Waals surface area (Å²) in [7, 11) is 3.10. The number of fused-ring (bicyclic) bond motifs is 3. The van der Waals surface area contributed by atoms with E-state index in [-0.39, 0.29) is 36.7 Å². The summed E-state index contributed by atoms with van der Waals surface area (Å²) < 4.78 is 5.71. The van der Waals surface area contributed by atoms with E-state index < -0.39 is 36.1 Å². The van der Waals surface area contributed by atoms with Gasteiger partial charge in [0.15, 0.2) is 0 Å². The number of alkyl carbamates (subject to hydrolysis) is 1. The van der Waals surface area contributed by atoms with E-state index >= 15 is 0 Å². The fourth-order valence-electron chi connectivity index (χ4n) is 5.52. The number of likely N-dealkylation sites (N-methyl/N-ethyl adjacent to an activating group) is 2. The quantitative estimate of drug-likeness (QED) is 0.384. The van der Waals surface area contributed by atoms with Crippen molar-refractivity contribution in [3.05, 3.63) is 59.7 Å². The number of carbonyl (C=O) groups is 4. The minimum absolute atomic E-state index is 0.111. The van der Waals surface area contributed by atoms with Crippen molar-refractivity contribution in [2.45, 2.75) is 71.5 Å². The van der Waals surface area contributed by atoms with Crippen molar-refractivity contribution in [1.82, 2.24) is 15.1 Å². The number of hydrogen-bond acceptors (Lipinski definition) is 5. The van der Waals surface area contributed by atoms with Crippen molar-refractivity contribution in [2.75, 3.05) is 20.7 Å². The Balaban J connectivity index is 1.74. The number of nitrogens with zero attached hydrogens (tertiary/aromatic N) is 2. The van der Waals surface area contributed by atoms with E-state index in [1.54, 1.807) is 21.0 Å². The van der Waals surface area contributed by atoms with Crippen LogP contribution in [0.2, 0.25) is 0 Å². The molecule has 0 fully saturated rings. The summed E-state index contributed by atoms with van der Waals surface area (Å²) in [5.74, 6) is -2.35. The lowest BCUT2D eigenvalue weighted by molar-refractivity contribution is -0.149. The van der Waals surface area contributed by atoms with Crippen molar-refractivity contribution < 1.29 is 29.0 Å². The van der Waals surface area contributed by atoms with Crippen LogP contribution in [0.5, 0.6) is 0 Å². The third kappa shape index (κ3) is 7.07. The zero-order valence-corrected chi connectivity index (χ0v) is 25.1. The van der Waals surface area contributed by atoms with Crippen molar-refractivity contribution >= 4 is 23.9 Å². The minimum Gasteiger partial charge on any atom is -0.481 e. The molecule has 0 saturated heterocycles. The molecule has 41 heavy (non-hydrogen) atoms. The standard InChI is InChI=1S/C32H43N3O6/c1-8-20(4)28(30(38)35(7)29(19(2)3)31(39)34(6)21(5)17-27(36)37)33-32(40)41-18-26-24-15-11-9-13-22(24)23-14-10-12-16-25(23)26/h9-16,19-21,26,28-29H,8,17-18H2,1-7H3,(H,33,40)(H,36,37)/t20-,21+,28-,29-/m0/s1. The van der Waals surface area contributed by atoms with Gasteiger partial charge in [-0.05, 0) is 41.0 Å². The summed E-state index contributed by atoms with van der Waals surface area (Å²) in [6.45, 7) is 9.24. The molecular formula is C32H43N3O6. The minimum atomic E-state index is -1.01. The molecule has 9 heteroatoms. The Morgan fingerprint density at radius 3 is 1.90 bits per heavy atom. The maximum absolute atomic E-state index is 13.8. The van der Waals surface area contributed by atoms with Crippen LogP contribution in [0.4, 0.5) is 4.79 Å². The number of amides is 3. The number of rotatable bonds is 12. The summed E-state index contributed by atoms with van der Waals surface area (Å²) in [5.41, 5.74) is 4.43. The first-order valence-electron chi connectivity index (χ1n) is 14.3. The highest BCUT2D eigenvalue weighted by atomic mass is 16.5. The molecule has 0 aliphatic heterocycles. The average molecular weight is 566 g/mol. The van der Waals surface area contributed by atoms with Gasteiger partial charge in [0.1, 0.15) is 18.7 Å². The fourth-order valence-corrected chi connectivity index (χ4v) is 5.52. The molecule has 0 unspecified atom stereocenters. The summed E-state index contributed by atoms with van der Waals surface area (Å²) in [4.78, 5) is 54.2. The second-order valence-corrected chi connectivity index (χ2v) is 11.4. The highest BCUT2D eigenvalue weighted by Gasteiger charge is 2.38. The van der Waals surface area contributed by atoms with Gasteiger partial charge in [-0.25, -0.2) is 4.79 Å². The molecule has 1 aliphatic rings. The summed E-state index contributed by atoms with van der Waals surface area (Å²) in [6, 6.07) is 13.8. The van der Waals surface area contributed by atoms with E-state index in [0.717, 1.165) is 22.3 Å². The zero-order chi connectivity index (χ0) is 30.4. The van der Waals surface area contributed by atoms with E-state index in [2.05, 4.69) is 17.4 Å². The Hall–Kier alpha value is -3.88. The maximum atomic E-state index is 13.8. The van der Waals surface area contributed by atoms with Crippen LogP contribution < -0.4 is 5.32 Å². The van der Waals surface area contributed by atoms with Crippen LogP contribution in [0.25, 0.3) is 11.1 Å². The lowest BCUT2D eigenvalue weighted by Crippen LogP contribution is -2.58. The molecule has 222 valence electrons. The third-order valence-electron chi connectivity index (χ3n) is 8.22. The Bertz CT molecular complexity index is 1220. The fraction of sp³-hybridized carbons (Fsp3) is 0.500. The van der Waals surface area contributed by atoms with Gasteiger partial charge < -0.3 is 25.0 Å². The van der Waals surface area contributed by atoms with Gasteiger partial charge >= 0.3 is 12.1 Å². The van der Waals surface area contributed by atoms with Gasteiger partial charge in [-0.1, -0.05) is 82.6 Å². The van der Waals surface area contributed by atoms with Crippen LogP contribution in [0.3, 0.4) is 0 Å². The highest BCUT2D eigenvalue weighted by molar-refractivity contribution is 5.92. The van der Waals surface area contributed by atoms with E-state index in [4.69, 9.17) is 9.84 Å². The maximum Gasteiger partial charge on any atom is 0.407 e. The molecule has 3 amide bonds. The van der Waals surface area contributed by atoms with Crippen LogP contribution in [-0.2, 0) is 19.1 Å². The molecule has 0 saturated carbocycles. The molecule has 0 radical (unpaired) electrons. The molecule has 4 atom stereocenters. The molecule has 0 spiro atoms. The molecule has 2 aromatic carbocycles. The van der Waals surface area contributed by atoms with Gasteiger partial charge in [0.25, 0.3) is 0 Å². The van der Waals surface area contributed by atoms with E-state index in [1.165, 1.54) is 9.80 Å². The van der Waals surface area contributed by atoms with Gasteiger partial charge in [-0.2, -0.15) is 0 Å². The number of carboxylic acid groups (broad SMARTS) is 1. The average Bonchev–Trinajstić information content (AvgIpc) is 3.26. The molecule has 0 bridgehead atoms. The largest absolute Gasteiger partial charge is 0.481 e. The van der Waals surface area contributed by atoms with Crippen molar-refractivity contribution in [3.8, 4) is 11.1 Å². The molecule has 0 aromatic heterocycles. The third-order valence-corrected chi connectivity index (χ3v) is 8.22. The molecule has 0 heterocycles. The van der Waals surface area contributed by atoms with Crippen LogP contribution in [0.15, 0.2) is 48.5 Å². The van der Waals surface area contributed by atoms with Crippen LogP contribution in [-0.4, -0.2) is 77.6 Å². The first-order valence-corrected chi connectivity index (χ1v) is 14.3. The molecule has 2 aromatic rings. The highest BCUT2D eigenvalue weighted by Crippen LogP contribution is 2.44. The molecule has 3 rings (SSSR count). The molecule has 1 aliphatic carbocycles. The van der Waals surface area contributed by atoms with E-state index in [0.29, 0.717) is 6.42 Å². The molecule has 2 N–H and O–H groups in total. The van der Waals surface area contributed by atoms with Gasteiger partial charge in [0, 0.05) is 26.1 Å². The lowest BCUT2D eigenvalue weighted by Gasteiger charge is -2.37. The Morgan fingerprint density at radius 2 is 1.41 bits per heavy atom. The van der Waals surface area contributed by atoms with Crippen LogP contribution >= 0.6 is 0 Å². The number of hydrogen-bond donors (Lipinski definition) is 2. The van der Waals surface area contributed by atoms with Gasteiger partial charge in [0.2, 0.25) is 11.8 Å². The van der Waals surface area contributed by atoms with Crippen molar-refractivity contribution in [1.29, 1.82) is 0 Å². The van der Waals surface area contributed by atoms with Gasteiger partial charge in [-0.3, -0.25) is 14.4 Å². The number of carbonyl (C=O) groups excluding carboxylic acids is 3. The van der Waals surface area contributed by atoms with Crippen LogP contribution in [0.1, 0.15) is 64.5 Å². The summed E-state index contributed by atoms with van der Waals surface area (Å²) >= 11 is 0. The van der Waals surface area contributed by atoms with Crippen LogP contribution in [0, 0.1) is 11.8 Å². The number of carboxylic acids is 1. The second kappa shape index (κ2) is 13.7. The smallest absolute Gasteiger partial charge is 0.407 e. The van der Waals surface area contributed by atoms with E-state index in [1.807, 2.05) is 64.1 Å². The van der Waals surface area contributed by atoms with Gasteiger partial charge in [-0.15, -0.1) is 0 Å². The lowest BCUT2D eigenvalue weighted by atomic mass is 9.95. The SMILES string of the molecule is CC[C@H](C)[C@H](NC(=O)OCC1c2ccccc2-c2ccccc21)C(=O)N(C)[C@H](C(=O)N(C)[C@H](C)CC(=O)O)C(C)C. The predicted octanol–water partition coefficient (Wildman–Crippen LogP) is 4.74. The Labute approximate surface area is 242 Å². The van der Waals surface area contributed by atoms with Gasteiger partial charge in [0.05, 0.1) is 6.42 Å². The molecular weight excluding hydrogens is 522 g/mol. The number of ether oxygens (including phenoxy) is 1. The first kappa shape index (κ1) is 31.6. The van der Waals surface area contributed by atoms with E-state index in [9.17, 15) is 19.2 Å². The predicted molar refractivity (Wildman–Crippen MR) is 157 cm³/mol. The second-order valence-electron chi connectivity index (χ2n) is 11.4. The summed E-state index contributed by atoms with van der Waals surface area (Å²) in [5, 5.41) is 11.9. The number of benzene rings is 2. The van der Waals surface area contributed by atoms with Crippen molar-refractivity contribution in [3.63, 3.8) is 0 Å². The van der Waals surface area contributed by atoms with Crippen molar-refractivity contribution in [2.24, 2.45) is 11.8 Å². The first-order chi connectivity index (χ1) is 19.4. The monoisotopic (exact) mass is 565 g/mol. The number of nitrogens with one attached hydrogen (secondary N) is 1. The summed E-state index contributed by atoms with van der Waals surface area (Å²) in [6.07, 6.45) is -0.286. The normalized spacial score (nSPS) is 15.2.